The number of aryl methyl sites for hydroxylation is 1. The molecule has 0 aliphatic rings. The van der Waals surface area contributed by atoms with Crippen molar-refractivity contribution in [3.8, 4) is 11.8 Å². The van der Waals surface area contributed by atoms with E-state index in [1.54, 1.807) is 6.07 Å². The van der Waals surface area contributed by atoms with Gasteiger partial charge in [0.15, 0.2) is 11.4 Å². The Morgan fingerprint density at radius 2 is 2.23 bits per heavy atom. The van der Waals surface area contributed by atoms with Crippen molar-refractivity contribution >= 4 is 28.3 Å². The molecule has 1 aromatic heterocycles. The van der Waals surface area contributed by atoms with E-state index in [1.165, 1.54) is 23.8 Å². The highest BCUT2D eigenvalue weighted by Gasteiger charge is 2.29. The van der Waals surface area contributed by atoms with E-state index in [1.807, 2.05) is 0 Å². The molecule has 2 N–H and O–H groups in total. The van der Waals surface area contributed by atoms with E-state index in [0.29, 0.717) is 6.42 Å². The molecule has 2 aromatic rings. The van der Waals surface area contributed by atoms with E-state index in [2.05, 4.69) is 23.0 Å². The standard InChI is InChI=1S/C20H21FN4O5S/c1-4-5-15(26)8-9-30-19-17(31(28,29)23-2)12-25(3)18(19)20(27)24-14-6-7-16(21)13(10-14)11-22/h4,6-7,10,12,15,26H,1-2,5,8-9H2,3H3,(H,24,27)/t15-/m0/s1. The SMILES string of the molecule is C=CC[C@H](O)CCOc1c(S(=O)(=O)N=C)cn(C)c1C(=O)Nc1ccc(F)c(C#N)c1. The van der Waals surface area contributed by atoms with Crippen LogP contribution in [-0.2, 0) is 17.1 Å². The van der Waals surface area contributed by atoms with Crippen molar-refractivity contribution in [2.75, 3.05) is 11.9 Å². The number of halogens is 1. The van der Waals surface area contributed by atoms with Gasteiger partial charge >= 0.3 is 0 Å². The van der Waals surface area contributed by atoms with Gasteiger partial charge in [-0.05, 0) is 24.6 Å². The van der Waals surface area contributed by atoms with Gasteiger partial charge in [-0.25, -0.2) is 4.39 Å². The fourth-order valence-corrected chi connectivity index (χ4v) is 3.54. The van der Waals surface area contributed by atoms with E-state index in [-0.39, 0.29) is 40.6 Å². The monoisotopic (exact) mass is 448 g/mol. The number of anilines is 1. The number of sulfonamides is 1. The van der Waals surface area contributed by atoms with Crippen molar-refractivity contribution in [1.82, 2.24) is 4.57 Å². The average Bonchev–Trinajstić information content (AvgIpc) is 3.06. The lowest BCUT2D eigenvalue weighted by atomic mass is 10.2. The highest BCUT2D eigenvalue weighted by molar-refractivity contribution is 7.90. The van der Waals surface area contributed by atoms with Crippen LogP contribution in [0.25, 0.3) is 0 Å². The maximum absolute atomic E-state index is 13.5. The highest BCUT2D eigenvalue weighted by Crippen LogP contribution is 2.32. The van der Waals surface area contributed by atoms with Crippen LogP contribution >= 0.6 is 0 Å². The van der Waals surface area contributed by atoms with Crippen molar-refractivity contribution in [2.45, 2.75) is 23.8 Å². The Labute approximate surface area is 179 Å². The third kappa shape index (κ3) is 5.56. The molecule has 0 spiro atoms. The van der Waals surface area contributed by atoms with Gasteiger partial charge in [-0.3, -0.25) is 4.79 Å². The average molecular weight is 448 g/mol. The predicted octanol–water partition coefficient (Wildman–Crippen LogP) is 2.38. The molecule has 0 unspecified atom stereocenters. The third-order valence-corrected chi connectivity index (χ3v) is 5.43. The molecular formula is C20H21FN4O5S. The molecule has 9 nitrogen and oxygen atoms in total. The second kappa shape index (κ2) is 10.0. The van der Waals surface area contributed by atoms with Gasteiger partial charge in [0.25, 0.3) is 15.9 Å². The van der Waals surface area contributed by atoms with E-state index in [9.17, 15) is 22.7 Å². The number of hydrogen-bond acceptors (Lipinski definition) is 6. The Kier molecular flexibility index (Phi) is 7.68. The topological polar surface area (TPSA) is 134 Å². The highest BCUT2D eigenvalue weighted by atomic mass is 32.2. The van der Waals surface area contributed by atoms with E-state index >= 15 is 0 Å². The van der Waals surface area contributed by atoms with Gasteiger partial charge in [0.1, 0.15) is 16.8 Å². The van der Waals surface area contributed by atoms with Gasteiger partial charge in [-0.15, -0.1) is 6.58 Å². The van der Waals surface area contributed by atoms with Crippen LogP contribution in [-0.4, -0.2) is 43.4 Å². The van der Waals surface area contributed by atoms with Gasteiger partial charge in [0.05, 0.1) is 18.3 Å². The van der Waals surface area contributed by atoms with E-state index in [0.717, 1.165) is 18.3 Å². The molecule has 1 amide bonds. The molecule has 0 saturated carbocycles. The molecule has 0 saturated heterocycles. The van der Waals surface area contributed by atoms with Gasteiger partial charge in [-0.1, -0.05) is 6.08 Å². The van der Waals surface area contributed by atoms with Crippen LogP contribution in [0.2, 0.25) is 0 Å². The molecule has 0 bridgehead atoms. The molecule has 31 heavy (non-hydrogen) atoms. The van der Waals surface area contributed by atoms with Crippen molar-refractivity contribution < 1.29 is 27.4 Å². The van der Waals surface area contributed by atoms with Crippen molar-refractivity contribution in [3.05, 3.63) is 54.1 Å². The number of aliphatic hydroxyl groups excluding tert-OH is 1. The smallest absolute Gasteiger partial charge is 0.286 e. The number of nitrogens with one attached hydrogen (secondary N) is 1. The van der Waals surface area contributed by atoms with Crippen molar-refractivity contribution in [1.29, 1.82) is 5.26 Å². The molecule has 1 aromatic carbocycles. The second-order valence-electron chi connectivity index (χ2n) is 6.46. The van der Waals surface area contributed by atoms with Crippen LogP contribution in [0.4, 0.5) is 10.1 Å². The second-order valence-corrected chi connectivity index (χ2v) is 8.11. The van der Waals surface area contributed by atoms with Crippen LogP contribution in [0.3, 0.4) is 0 Å². The third-order valence-electron chi connectivity index (χ3n) is 4.25. The largest absolute Gasteiger partial charge is 0.490 e. The van der Waals surface area contributed by atoms with Crippen LogP contribution in [0.5, 0.6) is 5.75 Å². The van der Waals surface area contributed by atoms with Gasteiger partial charge in [0, 0.05) is 32.1 Å². The molecule has 1 heterocycles. The molecule has 0 fully saturated rings. The maximum Gasteiger partial charge on any atom is 0.286 e. The number of nitriles is 1. The summed E-state index contributed by atoms with van der Waals surface area (Å²) in [4.78, 5) is 12.5. The molecule has 0 radical (unpaired) electrons. The molecular weight excluding hydrogens is 427 g/mol. The van der Waals surface area contributed by atoms with Crippen molar-refractivity contribution in [2.24, 2.45) is 11.4 Å². The normalized spacial score (nSPS) is 11.9. The summed E-state index contributed by atoms with van der Waals surface area (Å²) in [6.45, 7) is 6.48. The molecule has 0 aliphatic heterocycles. The molecule has 2 rings (SSSR count). The Morgan fingerprint density at radius 3 is 2.84 bits per heavy atom. The van der Waals surface area contributed by atoms with E-state index in [4.69, 9.17) is 10.00 Å². The zero-order chi connectivity index (χ0) is 23.2. The van der Waals surface area contributed by atoms with Crippen LogP contribution in [0.15, 0.2) is 46.3 Å². The van der Waals surface area contributed by atoms with Gasteiger partial charge in [0.2, 0.25) is 0 Å². The minimum absolute atomic E-state index is 0.0892. The fraction of sp³-hybridized carbons (Fsp3) is 0.250. The van der Waals surface area contributed by atoms with Crippen LogP contribution in [0, 0.1) is 17.1 Å². The lowest BCUT2D eigenvalue weighted by Gasteiger charge is -2.13. The summed E-state index contributed by atoms with van der Waals surface area (Å²) in [7, 11) is -2.76. The number of benzene rings is 1. The molecule has 11 heteroatoms. The molecule has 164 valence electrons. The number of aromatic nitrogens is 1. The molecule has 1 atom stereocenters. The quantitative estimate of drug-likeness (QED) is 0.423. The summed E-state index contributed by atoms with van der Waals surface area (Å²) in [5.41, 5.74) is -0.289. The number of hydrogen-bond donors (Lipinski definition) is 2. The summed E-state index contributed by atoms with van der Waals surface area (Å²) in [6.07, 6.45) is 2.41. The Hall–Kier alpha value is -3.49. The Morgan fingerprint density at radius 1 is 1.52 bits per heavy atom. The first-order valence-electron chi connectivity index (χ1n) is 8.99. The first kappa shape index (κ1) is 23.8. The van der Waals surface area contributed by atoms with Gasteiger partial charge < -0.3 is 19.7 Å². The fourth-order valence-electron chi connectivity index (χ4n) is 2.72. The zero-order valence-electron chi connectivity index (χ0n) is 16.7. The zero-order valence-corrected chi connectivity index (χ0v) is 17.5. The minimum Gasteiger partial charge on any atom is -0.490 e. The summed E-state index contributed by atoms with van der Waals surface area (Å²) in [5.74, 6) is -1.77. The minimum atomic E-state index is -4.20. The van der Waals surface area contributed by atoms with E-state index < -0.39 is 27.9 Å². The van der Waals surface area contributed by atoms with Gasteiger partial charge in [-0.2, -0.15) is 18.1 Å². The predicted molar refractivity (Wildman–Crippen MR) is 112 cm³/mol. The van der Waals surface area contributed by atoms with Crippen molar-refractivity contribution in [3.63, 3.8) is 0 Å². The Bertz CT molecular complexity index is 1150. The maximum atomic E-state index is 13.5. The van der Waals surface area contributed by atoms with Crippen LogP contribution < -0.4 is 10.1 Å². The first-order valence-corrected chi connectivity index (χ1v) is 10.4. The Balaban J connectivity index is 2.41. The molecule has 0 aliphatic carbocycles. The summed E-state index contributed by atoms with van der Waals surface area (Å²) in [6, 6.07) is 5.09. The summed E-state index contributed by atoms with van der Waals surface area (Å²) >= 11 is 0. The number of carbonyl (C=O) groups is 1. The number of ether oxygens (including phenoxy) is 1. The van der Waals surface area contributed by atoms with Crippen LogP contribution in [0.1, 0.15) is 28.9 Å². The number of carbonyl (C=O) groups excluding carboxylic acids is 1. The summed E-state index contributed by atoms with van der Waals surface area (Å²) < 4.78 is 48.0. The number of nitrogens with zero attached hydrogens (tertiary/aromatic N) is 3. The number of rotatable bonds is 10. The summed E-state index contributed by atoms with van der Waals surface area (Å²) in [5, 5.41) is 21.2. The number of amides is 1. The first-order chi connectivity index (χ1) is 14.6. The number of aliphatic hydroxyl groups is 1. The lowest BCUT2D eigenvalue weighted by Crippen LogP contribution is -2.18. The lowest BCUT2D eigenvalue weighted by molar-refractivity contribution is 0.101.